The maximum Gasteiger partial charge on any atom is 0.274 e. The van der Waals surface area contributed by atoms with Crippen LogP contribution in [0.4, 0.5) is 0 Å². The molecule has 8 N–H and O–H groups in total. The number of hydrogen-bond donors (Lipinski definition) is 8. The summed E-state index contributed by atoms with van der Waals surface area (Å²) in [4.78, 5) is 187. The number of amides is 12. The third-order valence-electron chi connectivity index (χ3n) is 16.6. The molecule has 28 heteroatoms. The standard InChI is InChI=1S/C62H82N14O14/c1-9-73-33-49(81)71(7)53(35(3)4)59(87)63-29-41(69-57(85)51-45(77)27-37-19-11-13-21-39(37)67-51)62(90)76-26-18-16-24-44(76)56(84)66-32-48(80)74(10-2)34-50(82)72(8)54(36(5)6)60(88)64-30-42(61(89)75-25-17-15-23-43(75)55(83)65-31-47(73)79)70-58(86)52-46(78)28-38-20-12-14-22-40(38)68-52/h11-14,19-22,27-28,35-36,41-44,53-54,77-78H,9-10,15-18,23-26,29-34H2,1-8H3,(H,63,87)(H,64,88)(H,65,83)(H,66,84)(H,69,85)(H,70,86)/t41-,42-,43+,44+,53+,54+/m1/s1. The van der Waals surface area contributed by atoms with Gasteiger partial charge in [0.25, 0.3) is 11.8 Å². The Balaban J connectivity index is 1.19. The molecular formula is C62H82N14O14. The van der Waals surface area contributed by atoms with Crippen molar-refractivity contribution in [2.24, 2.45) is 11.8 Å². The first-order valence-electron chi connectivity index (χ1n) is 30.4. The summed E-state index contributed by atoms with van der Waals surface area (Å²) in [5.41, 5.74) is -0.175. The Bertz CT molecular complexity index is 3180. The Kier molecular flexibility index (Phi) is 23.1. The van der Waals surface area contributed by atoms with Crippen molar-refractivity contribution in [3.05, 3.63) is 72.1 Å². The van der Waals surface area contributed by atoms with Gasteiger partial charge in [-0.25, -0.2) is 9.97 Å². The summed E-state index contributed by atoms with van der Waals surface area (Å²) < 4.78 is 0. The Morgan fingerprint density at radius 2 is 0.900 bits per heavy atom. The number of benzene rings is 2. The molecule has 0 spiro atoms. The lowest BCUT2D eigenvalue weighted by molar-refractivity contribution is -0.146. The fourth-order valence-electron chi connectivity index (χ4n) is 11.6. The van der Waals surface area contributed by atoms with Crippen molar-refractivity contribution in [2.45, 2.75) is 116 Å². The highest BCUT2D eigenvalue weighted by Crippen LogP contribution is 2.26. The van der Waals surface area contributed by atoms with E-state index in [1.807, 2.05) is 0 Å². The Hall–Kier alpha value is -9.50. The van der Waals surface area contributed by atoms with Crippen LogP contribution in [0.25, 0.3) is 21.8 Å². The second-order valence-electron chi connectivity index (χ2n) is 23.4. The predicted octanol–water partition coefficient (Wildman–Crippen LogP) is -0.00520. The fraction of sp³-hybridized carbons (Fsp3) is 0.516. The first-order chi connectivity index (χ1) is 42.8. The van der Waals surface area contributed by atoms with E-state index < -0.39 is 181 Å². The number of nitrogens with zero attached hydrogens (tertiary/aromatic N) is 8. The number of pyridine rings is 2. The van der Waals surface area contributed by atoms with Gasteiger partial charge in [0.15, 0.2) is 11.4 Å². The van der Waals surface area contributed by atoms with Crippen LogP contribution in [-0.4, -0.2) is 236 Å². The molecule has 3 aliphatic heterocycles. The predicted molar refractivity (Wildman–Crippen MR) is 327 cm³/mol. The van der Waals surface area contributed by atoms with Crippen molar-refractivity contribution in [2.75, 3.05) is 79.5 Å². The van der Waals surface area contributed by atoms with Crippen LogP contribution < -0.4 is 31.9 Å². The second kappa shape index (κ2) is 30.6. The van der Waals surface area contributed by atoms with E-state index in [2.05, 4.69) is 41.9 Å². The van der Waals surface area contributed by atoms with Gasteiger partial charge in [0.05, 0.1) is 37.2 Å². The van der Waals surface area contributed by atoms with Gasteiger partial charge in [-0.05, 0) is 88.5 Å². The van der Waals surface area contributed by atoms with Crippen molar-refractivity contribution >= 4 is 92.7 Å². The zero-order valence-electron chi connectivity index (χ0n) is 52.1. The first-order valence-corrected chi connectivity index (χ1v) is 30.4. The second-order valence-corrected chi connectivity index (χ2v) is 23.4. The molecule has 0 aliphatic carbocycles. The van der Waals surface area contributed by atoms with Crippen LogP contribution in [0.1, 0.15) is 101 Å². The van der Waals surface area contributed by atoms with Gasteiger partial charge in [-0.3, -0.25) is 57.5 Å². The quantitative estimate of drug-likeness (QED) is 0.115. The van der Waals surface area contributed by atoms with Crippen LogP contribution in [0, 0.1) is 11.8 Å². The lowest BCUT2D eigenvalue weighted by Crippen LogP contribution is -2.61. The largest absolute Gasteiger partial charge is 0.505 e. The number of carbonyl (C=O) groups excluding carboxylic acids is 12. The smallest absolute Gasteiger partial charge is 0.274 e. The van der Waals surface area contributed by atoms with Crippen molar-refractivity contribution in [3.8, 4) is 11.5 Å². The minimum absolute atomic E-state index is 0.0113. The molecule has 3 aliphatic rings. The third kappa shape index (κ3) is 16.2. The summed E-state index contributed by atoms with van der Waals surface area (Å²) in [6, 6.07) is 7.96. The summed E-state index contributed by atoms with van der Waals surface area (Å²) in [6.07, 6.45) is 2.08. The Morgan fingerprint density at radius 3 is 1.26 bits per heavy atom. The van der Waals surface area contributed by atoms with Gasteiger partial charge >= 0.3 is 0 Å². The molecule has 3 saturated heterocycles. The molecular weight excluding hydrogens is 1160 g/mol. The molecule has 6 atom stereocenters. The number of para-hydroxylation sites is 2. The van der Waals surface area contributed by atoms with Crippen LogP contribution in [0.2, 0.25) is 0 Å². The molecule has 12 amide bonds. The number of hydrogen-bond acceptors (Lipinski definition) is 16. The van der Waals surface area contributed by atoms with Crippen LogP contribution in [0.15, 0.2) is 60.7 Å². The number of carbonyl (C=O) groups is 12. The summed E-state index contributed by atoms with van der Waals surface area (Å²) >= 11 is 0. The maximum atomic E-state index is 14.9. The lowest BCUT2D eigenvalue weighted by Gasteiger charge is -2.37. The molecule has 0 unspecified atom stereocenters. The van der Waals surface area contributed by atoms with E-state index in [0.29, 0.717) is 47.5 Å². The van der Waals surface area contributed by atoms with Gasteiger partial charge in [-0.1, -0.05) is 64.1 Å². The van der Waals surface area contributed by atoms with Crippen LogP contribution in [0.3, 0.4) is 0 Å². The van der Waals surface area contributed by atoms with E-state index in [9.17, 15) is 67.7 Å². The van der Waals surface area contributed by atoms with E-state index in [1.54, 1.807) is 90.1 Å². The zero-order chi connectivity index (χ0) is 65.7. The van der Waals surface area contributed by atoms with Crippen molar-refractivity contribution in [3.63, 3.8) is 0 Å². The van der Waals surface area contributed by atoms with Crippen molar-refractivity contribution in [1.82, 2.24) is 71.3 Å². The summed E-state index contributed by atoms with van der Waals surface area (Å²) in [5, 5.41) is 38.8. The lowest BCUT2D eigenvalue weighted by atomic mass is 9.99. The number of likely N-dealkylation sites (N-methyl/N-ethyl adjacent to an activating group) is 4. The van der Waals surface area contributed by atoms with Crippen LogP contribution in [0.5, 0.6) is 11.5 Å². The van der Waals surface area contributed by atoms with Crippen LogP contribution >= 0.6 is 0 Å². The summed E-state index contributed by atoms with van der Waals surface area (Å²) in [5.74, 6) is -11.6. The van der Waals surface area contributed by atoms with E-state index in [1.165, 1.54) is 36.0 Å². The fourth-order valence-corrected chi connectivity index (χ4v) is 11.6. The number of aromatic nitrogens is 2. The van der Waals surface area contributed by atoms with Gasteiger partial charge in [0, 0.05) is 64.1 Å². The molecule has 3 fully saturated rings. The minimum atomic E-state index is -1.61. The van der Waals surface area contributed by atoms with Gasteiger partial charge in [-0.2, -0.15) is 0 Å². The number of aromatic hydroxyl groups is 2. The molecule has 0 radical (unpaired) electrons. The van der Waals surface area contributed by atoms with Crippen molar-refractivity contribution in [1.29, 1.82) is 0 Å². The molecule has 28 nitrogen and oxygen atoms in total. The molecule has 5 heterocycles. The Labute approximate surface area is 521 Å². The van der Waals surface area contributed by atoms with Gasteiger partial charge in [-0.15, -0.1) is 0 Å². The molecule has 484 valence electrons. The maximum absolute atomic E-state index is 14.9. The number of fused-ring (bicyclic) bond motifs is 4. The monoisotopic (exact) mass is 1250 g/mol. The number of nitrogens with one attached hydrogen (secondary N) is 6. The van der Waals surface area contributed by atoms with Gasteiger partial charge in [0.2, 0.25) is 59.1 Å². The topological polar surface area (TPSA) is 363 Å². The molecule has 2 aromatic carbocycles. The molecule has 2 aromatic heterocycles. The number of rotatable bonds is 8. The SMILES string of the molecule is CCN1CC(=O)N(C)[C@@H](C(C)C)C(=O)NC[C@@H](NC(=O)c2nc3ccccc3cc2O)C(=O)N2CCCC[C@H]2C(=O)NCC(=O)N(CC)CC(=O)N(C)[C@@H](C(C)C)C(=O)NC[C@@H](NC(=O)c2nc3ccccc3cc2O)C(=O)N2CCCC[C@H]2C(=O)NCC1=O. The minimum Gasteiger partial charge on any atom is -0.505 e. The van der Waals surface area contributed by atoms with Crippen LogP contribution in [-0.2, 0) is 47.9 Å². The first kappa shape index (κ1) is 68.0. The van der Waals surface area contributed by atoms with E-state index in [0.717, 1.165) is 19.6 Å². The van der Waals surface area contributed by atoms with E-state index >= 15 is 0 Å². The summed E-state index contributed by atoms with van der Waals surface area (Å²) in [6.45, 7) is 6.30. The Morgan fingerprint density at radius 1 is 0.533 bits per heavy atom. The van der Waals surface area contributed by atoms with Gasteiger partial charge in [0.1, 0.15) is 47.8 Å². The highest BCUT2D eigenvalue weighted by Gasteiger charge is 2.41. The van der Waals surface area contributed by atoms with E-state index in [-0.39, 0.29) is 39.0 Å². The molecule has 0 bridgehead atoms. The van der Waals surface area contributed by atoms with Gasteiger partial charge < -0.3 is 71.5 Å². The molecule has 90 heavy (non-hydrogen) atoms. The highest BCUT2D eigenvalue weighted by atomic mass is 16.3. The molecule has 0 saturated carbocycles. The van der Waals surface area contributed by atoms with Crippen molar-refractivity contribution < 1.29 is 67.7 Å². The third-order valence-corrected chi connectivity index (χ3v) is 16.6. The normalized spacial score (nSPS) is 22.7. The average molecular weight is 1250 g/mol. The van der Waals surface area contributed by atoms with E-state index in [4.69, 9.17) is 0 Å². The summed E-state index contributed by atoms with van der Waals surface area (Å²) in [7, 11) is 2.71. The highest BCUT2D eigenvalue weighted by molar-refractivity contribution is 6.03. The number of piperidine rings is 2. The zero-order valence-corrected chi connectivity index (χ0v) is 52.1. The molecule has 4 aromatic rings. The molecule has 7 rings (SSSR count). The average Bonchev–Trinajstić information content (AvgIpc) is 1.68.